The van der Waals surface area contributed by atoms with Crippen molar-refractivity contribution in [2.45, 2.75) is 25.4 Å². The van der Waals surface area contributed by atoms with Gasteiger partial charge in [0.15, 0.2) is 0 Å². The summed E-state index contributed by atoms with van der Waals surface area (Å²) in [4.78, 5) is 24.5. The molecule has 0 bridgehead atoms. The zero-order valence-corrected chi connectivity index (χ0v) is 11.2. The average molecular weight is 273 g/mol. The topological polar surface area (TPSA) is 66.8 Å². The summed E-state index contributed by atoms with van der Waals surface area (Å²) in [5.41, 5.74) is 0. The van der Waals surface area contributed by atoms with Crippen LogP contribution in [0.2, 0.25) is 0 Å². The third-order valence-corrected chi connectivity index (χ3v) is 4.64. The maximum absolute atomic E-state index is 12.2. The second-order valence-electron chi connectivity index (χ2n) is 4.79. The van der Waals surface area contributed by atoms with E-state index in [1.807, 2.05) is 16.7 Å². The highest BCUT2D eigenvalue weighted by Gasteiger charge is 2.30. The van der Waals surface area contributed by atoms with E-state index in [2.05, 4.69) is 0 Å². The lowest BCUT2D eigenvalue weighted by Gasteiger charge is -2.33. The summed E-state index contributed by atoms with van der Waals surface area (Å²) in [6.45, 7) is 1.16. The van der Waals surface area contributed by atoms with Crippen molar-refractivity contribution in [1.82, 2.24) is 4.90 Å². The summed E-state index contributed by atoms with van der Waals surface area (Å²) in [6.07, 6.45) is 2.49. The fraction of sp³-hybridized carbons (Fsp3) is 0.833. The van der Waals surface area contributed by atoms with Crippen molar-refractivity contribution in [3.8, 4) is 0 Å². The van der Waals surface area contributed by atoms with Gasteiger partial charge in [-0.15, -0.1) is 0 Å². The van der Waals surface area contributed by atoms with Gasteiger partial charge in [-0.25, -0.2) is 4.79 Å². The van der Waals surface area contributed by atoms with Gasteiger partial charge in [0.2, 0.25) is 5.91 Å². The van der Waals surface area contributed by atoms with Crippen LogP contribution in [-0.2, 0) is 14.3 Å². The first-order valence-corrected chi connectivity index (χ1v) is 7.52. The van der Waals surface area contributed by atoms with Crippen LogP contribution < -0.4 is 0 Å². The summed E-state index contributed by atoms with van der Waals surface area (Å²) in [5, 5.41) is 8.54. The maximum Gasteiger partial charge on any atom is 0.329 e. The van der Waals surface area contributed by atoms with Crippen molar-refractivity contribution in [2.75, 3.05) is 31.2 Å². The molecule has 2 heterocycles. The number of hydrogen-bond donors (Lipinski definition) is 1. The van der Waals surface area contributed by atoms with Gasteiger partial charge in [0, 0.05) is 24.8 Å². The Kier molecular flexibility index (Phi) is 4.88. The molecule has 2 aliphatic heterocycles. The molecule has 5 nitrogen and oxygen atoms in total. The van der Waals surface area contributed by atoms with Crippen LogP contribution in [0.25, 0.3) is 0 Å². The standard InChI is InChI=1S/C12H19NO4S/c14-11(15)7-17-10-1-4-13(5-2-10)12(16)9-3-6-18-8-9/h9-10H,1-8H2,(H,14,15). The molecule has 1 amide bonds. The number of carbonyl (C=O) groups excluding carboxylic acids is 1. The van der Waals surface area contributed by atoms with Crippen LogP contribution in [0, 0.1) is 5.92 Å². The van der Waals surface area contributed by atoms with Crippen molar-refractivity contribution in [3.63, 3.8) is 0 Å². The molecule has 2 rings (SSSR count). The van der Waals surface area contributed by atoms with E-state index in [1.165, 1.54) is 0 Å². The van der Waals surface area contributed by atoms with E-state index < -0.39 is 5.97 Å². The van der Waals surface area contributed by atoms with E-state index in [0.717, 1.165) is 30.8 Å². The van der Waals surface area contributed by atoms with Crippen LogP contribution in [0.3, 0.4) is 0 Å². The minimum absolute atomic E-state index is 0.0110. The summed E-state index contributed by atoms with van der Waals surface area (Å²) >= 11 is 1.85. The Bertz CT molecular complexity index is 309. The van der Waals surface area contributed by atoms with Gasteiger partial charge in [0.25, 0.3) is 0 Å². The van der Waals surface area contributed by atoms with Crippen LogP contribution in [-0.4, -0.2) is 59.2 Å². The zero-order valence-electron chi connectivity index (χ0n) is 10.3. The first-order chi connectivity index (χ1) is 8.66. The molecule has 0 saturated carbocycles. The highest BCUT2D eigenvalue weighted by Crippen LogP contribution is 2.26. The minimum atomic E-state index is -0.934. The number of hydrogen-bond acceptors (Lipinski definition) is 4. The molecule has 0 aliphatic carbocycles. The molecular weight excluding hydrogens is 254 g/mol. The summed E-state index contributed by atoms with van der Waals surface area (Å²) in [5.74, 6) is 1.59. The molecule has 0 aromatic rings. The highest BCUT2D eigenvalue weighted by molar-refractivity contribution is 7.99. The molecule has 2 fully saturated rings. The third kappa shape index (κ3) is 3.62. The third-order valence-electron chi connectivity index (χ3n) is 3.48. The Balaban J connectivity index is 1.72. The second-order valence-corrected chi connectivity index (χ2v) is 5.94. The average Bonchev–Trinajstić information content (AvgIpc) is 2.90. The molecule has 18 heavy (non-hydrogen) atoms. The quantitative estimate of drug-likeness (QED) is 0.822. The number of carbonyl (C=O) groups is 2. The van der Waals surface area contributed by atoms with Crippen molar-refractivity contribution < 1.29 is 19.4 Å². The van der Waals surface area contributed by atoms with E-state index in [1.54, 1.807) is 0 Å². The fourth-order valence-electron chi connectivity index (χ4n) is 2.42. The SMILES string of the molecule is O=C(O)COC1CCN(C(=O)C2CCSC2)CC1. The number of aliphatic carboxylic acids is 1. The molecule has 2 saturated heterocycles. The fourth-order valence-corrected chi connectivity index (χ4v) is 3.63. The molecule has 1 N–H and O–H groups in total. The Hall–Kier alpha value is -0.750. The van der Waals surface area contributed by atoms with Crippen molar-refractivity contribution in [1.29, 1.82) is 0 Å². The smallest absolute Gasteiger partial charge is 0.329 e. The van der Waals surface area contributed by atoms with Crippen molar-refractivity contribution in [3.05, 3.63) is 0 Å². The molecule has 0 aromatic heterocycles. The zero-order chi connectivity index (χ0) is 13.0. The molecule has 102 valence electrons. The first kappa shape index (κ1) is 13.7. The Morgan fingerprint density at radius 1 is 1.28 bits per heavy atom. The number of thioether (sulfide) groups is 1. The highest BCUT2D eigenvalue weighted by atomic mass is 32.2. The van der Waals surface area contributed by atoms with Gasteiger partial charge in [0.1, 0.15) is 6.61 Å². The maximum atomic E-state index is 12.2. The Morgan fingerprint density at radius 3 is 2.56 bits per heavy atom. The van der Waals surface area contributed by atoms with Crippen LogP contribution in [0.15, 0.2) is 0 Å². The van der Waals surface area contributed by atoms with E-state index >= 15 is 0 Å². The van der Waals surface area contributed by atoms with Crippen LogP contribution in [0.4, 0.5) is 0 Å². The van der Waals surface area contributed by atoms with Crippen LogP contribution in [0.1, 0.15) is 19.3 Å². The van der Waals surface area contributed by atoms with E-state index in [0.29, 0.717) is 13.1 Å². The Labute approximate surface area is 111 Å². The largest absolute Gasteiger partial charge is 0.480 e. The number of piperidine rings is 1. The lowest BCUT2D eigenvalue weighted by molar-refractivity contribution is -0.147. The molecule has 2 aliphatic rings. The predicted octanol–water partition coefficient (Wildman–Crippen LogP) is 0.832. The summed E-state index contributed by atoms with van der Waals surface area (Å²) < 4.78 is 5.26. The lowest BCUT2D eigenvalue weighted by Crippen LogP contribution is -2.44. The van der Waals surface area contributed by atoms with Crippen molar-refractivity contribution >= 4 is 23.6 Å². The van der Waals surface area contributed by atoms with E-state index in [9.17, 15) is 9.59 Å². The molecule has 1 unspecified atom stereocenters. The summed E-state index contributed by atoms with van der Waals surface area (Å²) in [7, 11) is 0. The van der Waals surface area contributed by atoms with Crippen LogP contribution in [0.5, 0.6) is 0 Å². The molecule has 0 spiro atoms. The number of likely N-dealkylation sites (tertiary alicyclic amines) is 1. The summed E-state index contributed by atoms with van der Waals surface area (Å²) in [6, 6.07) is 0. The van der Waals surface area contributed by atoms with Gasteiger partial charge < -0.3 is 14.7 Å². The Morgan fingerprint density at radius 2 is 2.00 bits per heavy atom. The van der Waals surface area contributed by atoms with Gasteiger partial charge >= 0.3 is 5.97 Å². The molecule has 1 atom stereocenters. The van der Waals surface area contributed by atoms with Crippen molar-refractivity contribution in [2.24, 2.45) is 5.92 Å². The van der Waals surface area contributed by atoms with Crippen LogP contribution >= 0.6 is 11.8 Å². The molecule has 6 heteroatoms. The van der Waals surface area contributed by atoms with Gasteiger partial charge in [-0.1, -0.05) is 0 Å². The normalized spacial score (nSPS) is 25.3. The number of carboxylic acid groups (broad SMARTS) is 1. The predicted molar refractivity (Wildman–Crippen MR) is 68.6 cm³/mol. The van der Waals surface area contributed by atoms with Gasteiger partial charge in [0.05, 0.1) is 6.10 Å². The number of amides is 1. The van der Waals surface area contributed by atoms with E-state index in [-0.39, 0.29) is 24.5 Å². The molecule has 0 radical (unpaired) electrons. The number of rotatable bonds is 4. The lowest BCUT2D eigenvalue weighted by atomic mass is 10.0. The minimum Gasteiger partial charge on any atom is -0.480 e. The molecular formula is C12H19NO4S. The number of nitrogens with zero attached hydrogens (tertiary/aromatic N) is 1. The van der Waals surface area contributed by atoms with Gasteiger partial charge in [-0.2, -0.15) is 11.8 Å². The van der Waals surface area contributed by atoms with Gasteiger partial charge in [-0.3, -0.25) is 4.79 Å². The monoisotopic (exact) mass is 273 g/mol. The first-order valence-electron chi connectivity index (χ1n) is 6.36. The van der Waals surface area contributed by atoms with Gasteiger partial charge in [-0.05, 0) is 25.0 Å². The number of carboxylic acids is 1. The second kappa shape index (κ2) is 6.43. The molecule has 0 aromatic carbocycles. The number of ether oxygens (including phenoxy) is 1. The van der Waals surface area contributed by atoms with E-state index in [4.69, 9.17) is 9.84 Å².